The summed E-state index contributed by atoms with van der Waals surface area (Å²) in [6, 6.07) is 13.2. The minimum atomic E-state index is -0.324. The Morgan fingerprint density at radius 2 is 1.78 bits per heavy atom. The Morgan fingerprint density at radius 1 is 1.03 bits per heavy atom. The topological polar surface area (TPSA) is 42.3 Å². The number of hydrogen-bond acceptors (Lipinski definition) is 3. The molecule has 0 radical (unpaired) electrons. The van der Waals surface area contributed by atoms with Gasteiger partial charge in [-0.3, -0.25) is 14.5 Å². The molecule has 0 atom stereocenters. The van der Waals surface area contributed by atoms with Gasteiger partial charge in [0.2, 0.25) is 0 Å². The summed E-state index contributed by atoms with van der Waals surface area (Å²) in [4.78, 5) is 27.2. The molecule has 4 nitrogen and oxygen atoms in total. The van der Waals surface area contributed by atoms with Crippen LogP contribution in [-0.4, -0.2) is 20.6 Å². The van der Waals surface area contributed by atoms with E-state index in [4.69, 9.17) is 23.2 Å². The molecule has 0 N–H and O–H groups in total. The molecule has 1 aliphatic rings. The maximum Gasteiger partial charge on any atom is 0.293 e. The average molecular weight is 550 g/mol. The monoisotopic (exact) mass is 548 g/mol. The zero-order valence-electron chi connectivity index (χ0n) is 17.6. The molecule has 1 fully saturated rings. The second kappa shape index (κ2) is 9.10. The van der Waals surface area contributed by atoms with Crippen LogP contribution in [0.5, 0.6) is 0 Å². The second-order valence-electron chi connectivity index (χ2n) is 7.60. The molecular formula is C24H19BrCl2N2O2S. The van der Waals surface area contributed by atoms with Gasteiger partial charge in [0.1, 0.15) is 0 Å². The van der Waals surface area contributed by atoms with Crippen LogP contribution in [0.15, 0.2) is 51.8 Å². The van der Waals surface area contributed by atoms with Crippen LogP contribution in [0.1, 0.15) is 28.1 Å². The van der Waals surface area contributed by atoms with Crippen LogP contribution in [0.25, 0.3) is 11.8 Å². The fourth-order valence-corrected chi connectivity index (χ4v) is 5.24. The molecule has 0 bridgehead atoms. The van der Waals surface area contributed by atoms with Crippen molar-refractivity contribution in [2.45, 2.75) is 27.3 Å². The van der Waals surface area contributed by atoms with Gasteiger partial charge in [-0.1, -0.05) is 45.2 Å². The summed E-state index contributed by atoms with van der Waals surface area (Å²) in [5.74, 6) is -0.324. The van der Waals surface area contributed by atoms with Crippen molar-refractivity contribution in [1.82, 2.24) is 9.47 Å². The van der Waals surface area contributed by atoms with Gasteiger partial charge in [-0.05, 0) is 91.7 Å². The summed E-state index contributed by atoms with van der Waals surface area (Å²) in [5, 5.41) is 0.614. The van der Waals surface area contributed by atoms with Crippen LogP contribution < -0.4 is 0 Å². The summed E-state index contributed by atoms with van der Waals surface area (Å²) < 4.78 is 3.20. The molecule has 1 saturated heterocycles. The summed E-state index contributed by atoms with van der Waals surface area (Å²) in [7, 11) is 0. The molecule has 2 heterocycles. The van der Waals surface area contributed by atoms with Crippen molar-refractivity contribution in [3.8, 4) is 5.69 Å². The lowest BCUT2D eigenvalue weighted by atomic mass is 10.2. The predicted octanol–water partition coefficient (Wildman–Crippen LogP) is 7.71. The number of thioether (sulfide) groups is 1. The molecule has 0 unspecified atom stereocenters. The Morgan fingerprint density at radius 3 is 2.47 bits per heavy atom. The highest BCUT2D eigenvalue weighted by molar-refractivity contribution is 9.10. The normalized spacial score (nSPS) is 15.3. The molecule has 0 aliphatic carbocycles. The van der Waals surface area contributed by atoms with Crippen LogP contribution >= 0.6 is 50.9 Å². The van der Waals surface area contributed by atoms with Crippen molar-refractivity contribution in [1.29, 1.82) is 0 Å². The number of amides is 2. The number of hydrogen-bond donors (Lipinski definition) is 0. The zero-order valence-corrected chi connectivity index (χ0v) is 21.5. The highest BCUT2D eigenvalue weighted by Gasteiger charge is 2.35. The molecule has 164 valence electrons. The average Bonchev–Trinajstić information content (AvgIpc) is 3.15. The van der Waals surface area contributed by atoms with Gasteiger partial charge in [0.25, 0.3) is 11.1 Å². The summed E-state index contributed by atoms with van der Waals surface area (Å²) in [5.41, 5.74) is 5.80. The fourth-order valence-electron chi connectivity index (χ4n) is 3.70. The molecule has 2 aromatic carbocycles. The number of aromatic nitrogens is 1. The Kier molecular flexibility index (Phi) is 6.59. The van der Waals surface area contributed by atoms with Crippen molar-refractivity contribution >= 4 is 68.1 Å². The first-order valence-electron chi connectivity index (χ1n) is 9.80. The van der Waals surface area contributed by atoms with Crippen LogP contribution in [0.3, 0.4) is 0 Å². The van der Waals surface area contributed by atoms with E-state index in [0.717, 1.165) is 44.4 Å². The second-order valence-corrected chi connectivity index (χ2v) is 10.3. The summed E-state index contributed by atoms with van der Waals surface area (Å²) >= 11 is 16.7. The minimum Gasteiger partial charge on any atom is -0.318 e. The lowest BCUT2D eigenvalue weighted by molar-refractivity contribution is -0.123. The Hall–Kier alpha value is -1.99. The minimum absolute atomic E-state index is 0.106. The first-order chi connectivity index (χ1) is 15.2. The summed E-state index contributed by atoms with van der Waals surface area (Å²) in [6.07, 6.45) is 1.79. The first kappa shape index (κ1) is 23.2. The number of imide groups is 1. The lowest BCUT2D eigenvalue weighted by Crippen LogP contribution is -2.27. The molecule has 2 amide bonds. The van der Waals surface area contributed by atoms with Crippen molar-refractivity contribution in [3.63, 3.8) is 0 Å². The van der Waals surface area contributed by atoms with E-state index in [1.807, 2.05) is 39.0 Å². The SMILES string of the molecule is Cc1cc(-n2c(C)cc(/C=C3\SC(=O)N(Cc4ccc(Cl)cc4Cl)C3=O)c2C)ccc1Br. The molecule has 1 aromatic heterocycles. The van der Waals surface area contributed by atoms with Gasteiger partial charge in [-0.25, -0.2) is 0 Å². The van der Waals surface area contributed by atoms with E-state index in [-0.39, 0.29) is 17.7 Å². The highest BCUT2D eigenvalue weighted by Crippen LogP contribution is 2.36. The number of benzene rings is 2. The quantitative estimate of drug-likeness (QED) is 0.313. The van der Waals surface area contributed by atoms with E-state index in [0.29, 0.717) is 20.5 Å². The number of carbonyl (C=O) groups excluding carboxylic acids is 2. The van der Waals surface area contributed by atoms with Gasteiger partial charge in [0, 0.05) is 31.6 Å². The third kappa shape index (κ3) is 4.42. The van der Waals surface area contributed by atoms with Gasteiger partial charge in [0.05, 0.1) is 11.4 Å². The molecule has 32 heavy (non-hydrogen) atoms. The molecular weight excluding hydrogens is 531 g/mol. The standard InChI is InChI=1S/C24H19BrCl2N2O2S/c1-13-8-19(6-7-20(13)25)29-14(2)9-17(15(29)3)10-22-23(30)28(24(31)32-22)12-16-4-5-18(26)11-21(16)27/h4-11H,12H2,1-3H3/b22-10-. The number of carbonyl (C=O) groups is 2. The van der Waals surface area contributed by atoms with Crippen LogP contribution in [-0.2, 0) is 11.3 Å². The molecule has 3 aromatic rings. The van der Waals surface area contributed by atoms with Crippen molar-refractivity contribution in [3.05, 3.63) is 90.0 Å². The Bertz CT molecular complexity index is 1300. The van der Waals surface area contributed by atoms with Crippen LogP contribution in [0.4, 0.5) is 4.79 Å². The predicted molar refractivity (Wildman–Crippen MR) is 136 cm³/mol. The lowest BCUT2D eigenvalue weighted by Gasteiger charge is -2.13. The molecule has 8 heteroatoms. The highest BCUT2D eigenvalue weighted by atomic mass is 79.9. The first-order valence-corrected chi connectivity index (χ1v) is 12.2. The smallest absolute Gasteiger partial charge is 0.293 e. The maximum absolute atomic E-state index is 13.0. The van der Waals surface area contributed by atoms with E-state index in [2.05, 4.69) is 26.6 Å². The molecule has 1 aliphatic heterocycles. The zero-order chi connectivity index (χ0) is 23.2. The third-order valence-electron chi connectivity index (χ3n) is 5.37. The van der Waals surface area contributed by atoms with Gasteiger partial charge in [-0.2, -0.15) is 0 Å². The van der Waals surface area contributed by atoms with Crippen molar-refractivity contribution < 1.29 is 9.59 Å². The van der Waals surface area contributed by atoms with Gasteiger partial charge < -0.3 is 4.57 Å². The van der Waals surface area contributed by atoms with Crippen LogP contribution in [0, 0.1) is 20.8 Å². The fraction of sp³-hybridized carbons (Fsp3) is 0.167. The van der Waals surface area contributed by atoms with E-state index in [1.54, 1.807) is 24.3 Å². The number of halogens is 3. The summed E-state index contributed by atoms with van der Waals surface area (Å²) in [6.45, 7) is 6.19. The van der Waals surface area contributed by atoms with Crippen LogP contribution in [0.2, 0.25) is 10.0 Å². The van der Waals surface area contributed by atoms with E-state index < -0.39 is 0 Å². The molecule has 0 spiro atoms. The molecule has 4 rings (SSSR count). The van der Waals surface area contributed by atoms with Gasteiger partial charge in [0.15, 0.2) is 0 Å². The number of rotatable bonds is 4. The van der Waals surface area contributed by atoms with E-state index >= 15 is 0 Å². The third-order valence-corrected chi connectivity index (χ3v) is 7.76. The molecule has 0 saturated carbocycles. The number of nitrogens with zero attached hydrogens (tertiary/aromatic N) is 2. The van der Waals surface area contributed by atoms with E-state index in [9.17, 15) is 9.59 Å². The van der Waals surface area contributed by atoms with Gasteiger partial charge in [-0.15, -0.1) is 0 Å². The van der Waals surface area contributed by atoms with Gasteiger partial charge >= 0.3 is 0 Å². The largest absolute Gasteiger partial charge is 0.318 e. The number of aryl methyl sites for hydroxylation is 2. The Labute approximate surface area is 209 Å². The van der Waals surface area contributed by atoms with E-state index in [1.165, 1.54) is 4.90 Å². The Balaban J connectivity index is 1.64. The van der Waals surface area contributed by atoms with Crippen molar-refractivity contribution in [2.24, 2.45) is 0 Å². The van der Waals surface area contributed by atoms with Crippen molar-refractivity contribution in [2.75, 3.05) is 0 Å². The maximum atomic E-state index is 13.0.